The van der Waals surface area contributed by atoms with E-state index in [4.69, 9.17) is 0 Å². The van der Waals surface area contributed by atoms with E-state index < -0.39 is 27.7 Å². The fraction of sp³-hybridized carbons (Fsp3) is 0.355. The summed E-state index contributed by atoms with van der Waals surface area (Å²) >= 11 is 3.42. The normalized spacial score (nSPS) is 12.0. The number of benzene rings is 3. The third-order valence-electron chi connectivity index (χ3n) is 6.71. The number of nitrogens with one attached hydrogen (secondary N) is 1. The minimum atomic E-state index is -3.85. The van der Waals surface area contributed by atoms with Crippen LogP contribution in [0.2, 0.25) is 0 Å². The lowest BCUT2D eigenvalue weighted by Gasteiger charge is -2.32. The molecule has 11 heteroatoms. The molecule has 0 heterocycles. The van der Waals surface area contributed by atoms with Gasteiger partial charge in [-0.2, -0.15) is 0 Å². The molecule has 0 aromatic heterocycles. The number of sulfonamides is 1. The second-order valence-electron chi connectivity index (χ2n) is 10.0. The van der Waals surface area contributed by atoms with Crippen LogP contribution in [-0.2, 0) is 32.6 Å². The summed E-state index contributed by atoms with van der Waals surface area (Å²) in [5.41, 5.74) is 1.68. The molecule has 0 aliphatic heterocycles. The van der Waals surface area contributed by atoms with Crippen molar-refractivity contribution in [1.82, 2.24) is 10.2 Å². The second-order valence-corrected chi connectivity index (χ2v) is 12.9. The number of rotatable bonds is 15. The Bertz CT molecular complexity index is 1440. The monoisotopic (exact) mass is 663 g/mol. The van der Waals surface area contributed by atoms with Crippen LogP contribution in [0.15, 0.2) is 77.3 Å². The summed E-state index contributed by atoms with van der Waals surface area (Å²) in [6.07, 6.45) is 2.99. The molecule has 0 spiro atoms. The zero-order chi connectivity index (χ0) is 30.7. The van der Waals surface area contributed by atoms with Gasteiger partial charge >= 0.3 is 0 Å². The SMILES string of the molecule is CCCCNC(=O)[C@@H](Cc1ccccc1)N(Cc1ccc(Br)cc1)C(=O)CCCN(c1ccc(F)c(F)c1)S(C)(=O)=O. The predicted molar refractivity (Wildman–Crippen MR) is 164 cm³/mol. The first-order valence-corrected chi connectivity index (χ1v) is 16.4. The molecule has 1 atom stereocenters. The van der Waals surface area contributed by atoms with Crippen molar-refractivity contribution in [2.24, 2.45) is 0 Å². The molecule has 42 heavy (non-hydrogen) atoms. The van der Waals surface area contributed by atoms with Crippen LogP contribution in [0.4, 0.5) is 14.5 Å². The van der Waals surface area contributed by atoms with Gasteiger partial charge in [-0.05, 0) is 48.2 Å². The average Bonchev–Trinajstić information content (AvgIpc) is 2.95. The average molecular weight is 665 g/mol. The fourth-order valence-electron chi connectivity index (χ4n) is 4.49. The summed E-state index contributed by atoms with van der Waals surface area (Å²) in [6, 6.07) is 18.9. The van der Waals surface area contributed by atoms with Crippen molar-refractivity contribution in [1.29, 1.82) is 0 Å². The summed E-state index contributed by atoms with van der Waals surface area (Å²) in [5, 5.41) is 2.97. The molecular formula is C31H36BrF2N3O4S. The van der Waals surface area contributed by atoms with Crippen LogP contribution in [0.3, 0.4) is 0 Å². The topological polar surface area (TPSA) is 86.8 Å². The smallest absolute Gasteiger partial charge is 0.243 e. The first kappa shape index (κ1) is 33.2. The molecule has 0 fully saturated rings. The van der Waals surface area contributed by atoms with Crippen LogP contribution in [-0.4, -0.2) is 50.5 Å². The molecule has 0 saturated carbocycles. The Kier molecular flexibility index (Phi) is 12.5. The van der Waals surface area contributed by atoms with Crippen LogP contribution < -0.4 is 9.62 Å². The molecule has 2 amide bonds. The van der Waals surface area contributed by atoms with E-state index >= 15 is 0 Å². The number of amides is 2. The lowest BCUT2D eigenvalue weighted by molar-refractivity contribution is -0.141. The van der Waals surface area contributed by atoms with E-state index in [0.717, 1.165) is 51.1 Å². The summed E-state index contributed by atoms with van der Waals surface area (Å²) in [4.78, 5) is 28.9. The third kappa shape index (κ3) is 9.90. The van der Waals surface area contributed by atoms with Gasteiger partial charge in [0.15, 0.2) is 11.6 Å². The molecule has 0 bridgehead atoms. The maximum absolute atomic E-state index is 13.9. The Hall–Kier alpha value is -3.31. The standard InChI is InChI=1S/C31H36BrF2N3O4S/c1-3-4-18-35-31(39)29(20-23-9-6-5-7-10-23)36(22-24-12-14-25(32)15-13-24)30(38)11-8-19-37(42(2,40)41)26-16-17-27(33)28(34)21-26/h5-7,9-10,12-17,21,29H,3-4,8,11,18-20,22H2,1-2H3,(H,35,39)/t29-/m1/s1. The maximum Gasteiger partial charge on any atom is 0.243 e. The third-order valence-corrected chi connectivity index (χ3v) is 8.43. The van der Waals surface area contributed by atoms with Crippen molar-refractivity contribution < 1.29 is 26.8 Å². The van der Waals surface area contributed by atoms with E-state index in [1.54, 1.807) is 4.90 Å². The Labute approximate surface area is 255 Å². The Balaban J connectivity index is 1.87. The Morgan fingerprint density at radius 1 is 0.929 bits per heavy atom. The van der Waals surface area contributed by atoms with Gasteiger partial charge in [-0.1, -0.05) is 71.7 Å². The van der Waals surface area contributed by atoms with Crippen molar-refractivity contribution in [3.05, 3.63) is 100 Å². The summed E-state index contributed by atoms with van der Waals surface area (Å²) in [6.45, 7) is 2.55. The number of carbonyl (C=O) groups is 2. The van der Waals surface area contributed by atoms with Gasteiger partial charge in [-0.15, -0.1) is 0 Å². The van der Waals surface area contributed by atoms with Crippen molar-refractivity contribution in [2.75, 3.05) is 23.7 Å². The first-order valence-electron chi connectivity index (χ1n) is 13.8. The van der Waals surface area contributed by atoms with Crippen molar-refractivity contribution in [2.45, 2.75) is 51.6 Å². The summed E-state index contributed by atoms with van der Waals surface area (Å²) in [7, 11) is -3.85. The highest BCUT2D eigenvalue weighted by Gasteiger charge is 2.30. The van der Waals surface area contributed by atoms with Gasteiger partial charge in [-0.3, -0.25) is 13.9 Å². The van der Waals surface area contributed by atoms with E-state index in [1.807, 2.05) is 61.5 Å². The Morgan fingerprint density at radius 2 is 1.62 bits per heavy atom. The molecule has 0 saturated heterocycles. The van der Waals surface area contributed by atoms with E-state index in [-0.39, 0.29) is 43.4 Å². The molecule has 3 aromatic rings. The molecule has 1 N–H and O–H groups in total. The molecule has 3 rings (SSSR count). The number of hydrogen-bond donors (Lipinski definition) is 1. The molecule has 0 aliphatic rings. The molecule has 0 unspecified atom stereocenters. The fourth-order valence-corrected chi connectivity index (χ4v) is 5.71. The van der Waals surface area contributed by atoms with Gasteiger partial charge in [0.2, 0.25) is 21.8 Å². The second kappa shape index (κ2) is 15.8. The summed E-state index contributed by atoms with van der Waals surface area (Å²) in [5.74, 6) is -2.86. The van der Waals surface area contributed by atoms with Crippen molar-refractivity contribution >= 4 is 43.5 Å². The van der Waals surface area contributed by atoms with Crippen LogP contribution in [0.1, 0.15) is 43.7 Å². The van der Waals surface area contributed by atoms with Crippen molar-refractivity contribution in [3.8, 4) is 0 Å². The van der Waals surface area contributed by atoms with Crippen molar-refractivity contribution in [3.63, 3.8) is 0 Å². The molecule has 0 radical (unpaired) electrons. The van der Waals surface area contributed by atoms with E-state index in [2.05, 4.69) is 21.2 Å². The van der Waals surface area contributed by atoms with Gasteiger partial charge in [0.25, 0.3) is 0 Å². The van der Waals surface area contributed by atoms with Gasteiger partial charge in [-0.25, -0.2) is 17.2 Å². The lowest BCUT2D eigenvalue weighted by Crippen LogP contribution is -2.50. The number of nitrogens with zero attached hydrogens (tertiary/aromatic N) is 2. The zero-order valence-electron chi connectivity index (χ0n) is 23.7. The highest BCUT2D eigenvalue weighted by molar-refractivity contribution is 9.10. The molecule has 7 nitrogen and oxygen atoms in total. The Morgan fingerprint density at radius 3 is 2.24 bits per heavy atom. The van der Waals surface area contributed by atoms with Crippen LogP contribution in [0.5, 0.6) is 0 Å². The van der Waals surface area contributed by atoms with Crippen LogP contribution in [0.25, 0.3) is 0 Å². The lowest BCUT2D eigenvalue weighted by atomic mass is 10.0. The number of hydrogen-bond acceptors (Lipinski definition) is 4. The largest absolute Gasteiger partial charge is 0.354 e. The van der Waals surface area contributed by atoms with Crippen LogP contribution >= 0.6 is 15.9 Å². The molecule has 3 aromatic carbocycles. The zero-order valence-corrected chi connectivity index (χ0v) is 26.1. The number of carbonyl (C=O) groups excluding carboxylic acids is 2. The van der Waals surface area contributed by atoms with E-state index in [0.29, 0.717) is 13.0 Å². The molecular weight excluding hydrogens is 628 g/mol. The van der Waals surface area contributed by atoms with E-state index in [1.165, 1.54) is 6.07 Å². The minimum Gasteiger partial charge on any atom is -0.354 e. The van der Waals surface area contributed by atoms with Gasteiger partial charge in [0, 0.05) is 43.0 Å². The molecule has 226 valence electrons. The quantitative estimate of drug-likeness (QED) is 0.207. The number of unbranched alkanes of at least 4 members (excludes halogenated alkanes) is 1. The van der Waals surface area contributed by atoms with Crippen LogP contribution in [0, 0.1) is 11.6 Å². The van der Waals surface area contributed by atoms with E-state index in [9.17, 15) is 26.8 Å². The number of halogens is 3. The minimum absolute atomic E-state index is 0.0344. The first-order chi connectivity index (χ1) is 20.0. The predicted octanol–water partition coefficient (Wildman–Crippen LogP) is 5.83. The van der Waals surface area contributed by atoms with Gasteiger partial charge in [0.05, 0.1) is 11.9 Å². The highest BCUT2D eigenvalue weighted by Crippen LogP contribution is 2.22. The number of anilines is 1. The summed E-state index contributed by atoms with van der Waals surface area (Å²) < 4.78 is 54.1. The highest BCUT2D eigenvalue weighted by atomic mass is 79.9. The van der Waals surface area contributed by atoms with Gasteiger partial charge < -0.3 is 10.2 Å². The maximum atomic E-state index is 13.9. The molecule has 0 aliphatic carbocycles. The van der Waals surface area contributed by atoms with Gasteiger partial charge in [0.1, 0.15) is 6.04 Å².